The zero-order valence-corrected chi connectivity index (χ0v) is 22.0. The average Bonchev–Trinajstić information content (AvgIpc) is 3.38. The van der Waals surface area contributed by atoms with Crippen molar-refractivity contribution in [1.82, 2.24) is 14.8 Å². The maximum atomic E-state index is 12.8. The normalized spacial score (nSPS) is 13.5. The van der Waals surface area contributed by atoms with Crippen LogP contribution < -0.4 is 5.32 Å². The van der Waals surface area contributed by atoms with Gasteiger partial charge in [0.1, 0.15) is 11.1 Å². The lowest BCUT2D eigenvalue weighted by atomic mass is 9.97. The molecule has 0 aliphatic heterocycles. The van der Waals surface area contributed by atoms with E-state index in [0.29, 0.717) is 28.2 Å². The van der Waals surface area contributed by atoms with Crippen LogP contribution in [0, 0.1) is 11.3 Å². The molecule has 0 unspecified atom stereocenters. The molecular formula is C27H31N5OS2. The summed E-state index contributed by atoms with van der Waals surface area (Å²) in [5, 5.41) is 22.9. The SMILES string of the molecule is C=CCn1c(SCC(=O)Nc2sc3c(c2C#N)CCCCCC3)nnc1-c1ccc(C(C)C)cc1. The first kappa shape index (κ1) is 25.2. The van der Waals surface area contributed by atoms with E-state index >= 15 is 0 Å². The minimum atomic E-state index is -0.142. The summed E-state index contributed by atoms with van der Waals surface area (Å²) in [6.07, 6.45) is 8.39. The van der Waals surface area contributed by atoms with Crippen molar-refractivity contribution in [1.29, 1.82) is 5.26 Å². The third kappa shape index (κ3) is 5.85. The van der Waals surface area contributed by atoms with E-state index in [1.165, 1.54) is 35.0 Å². The highest BCUT2D eigenvalue weighted by Gasteiger charge is 2.21. The molecule has 1 aliphatic rings. The van der Waals surface area contributed by atoms with Crippen LogP contribution in [-0.2, 0) is 24.2 Å². The Morgan fingerprint density at radius 3 is 2.66 bits per heavy atom. The first-order chi connectivity index (χ1) is 17.0. The highest BCUT2D eigenvalue weighted by atomic mass is 32.2. The van der Waals surface area contributed by atoms with Gasteiger partial charge in [-0.15, -0.1) is 28.1 Å². The van der Waals surface area contributed by atoms with E-state index in [1.54, 1.807) is 17.4 Å². The summed E-state index contributed by atoms with van der Waals surface area (Å²) < 4.78 is 1.98. The molecule has 0 atom stereocenters. The molecule has 0 saturated carbocycles. The molecule has 6 nitrogen and oxygen atoms in total. The number of nitriles is 1. The lowest BCUT2D eigenvalue weighted by Crippen LogP contribution is -2.14. The molecule has 1 amide bonds. The minimum Gasteiger partial charge on any atom is -0.316 e. The maximum Gasteiger partial charge on any atom is 0.235 e. The second kappa shape index (κ2) is 11.7. The predicted molar refractivity (Wildman–Crippen MR) is 144 cm³/mol. The highest BCUT2D eigenvalue weighted by Crippen LogP contribution is 2.36. The number of fused-ring (bicyclic) bond motifs is 1. The van der Waals surface area contributed by atoms with Gasteiger partial charge in [-0.2, -0.15) is 5.26 Å². The summed E-state index contributed by atoms with van der Waals surface area (Å²) >= 11 is 2.91. The van der Waals surface area contributed by atoms with Crippen molar-refractivity contribution in [2.45, 2.75) is 70.0 Å². The minimum absolute atomic E-state index is 0.142. The Balaban J connectivity index is 1.47. The van der Waals surface area contributed by atoms with Crippen molar-refractivity contribution in [3.63, 3.8) is 0 Å². The summed E-state index contributed by atoms with van der Waals surface area (Å²) in [6.45, 7) is 8.76. The van der Waals surface area contributed by atoms with Gasteiger partial charge in [0.15, 0.2) is 11.0 Å². The molecule has 182 valence electrons. The van der Waals surface area contributed by atoms with Crippen molar-refractivity contribution in [2.24, 2.45) is 0 Å². The zero-order chi connectivity index (χ0) is 24.8. The van der Waals surface area contributed by atoms with Gasteiger partial charge in [-0.1, -0.05) is 68.8 Å². The molecule has 0 saturated heterocycles. The van der Waals surface area contributed by atoms with Gasteiger partial charge in [0.2, 0.25) is 5.91 Å². The molecule has 8 heteroatoms. The smallest absolute Gasteiger partial charge is 0.235 e. The monoisotopic (exact) mass is 505 g/mol. The Morgan fingerprint density at radius 2 is 1.97 bits per heavy atom. The number of carbonyl (C=O) groups is 1. The molecular weight excluding hydrogens is 474 g/mol. The van der Waals surface area contributed by atoms with E-state index in [2.05, 4.69) is 66.3 Å². The van der Waals surface area contributed by atoms with E-state index in [4.69, 9.17) is 0 Å². The number of aromatic nitrogens is 3. The van der Waals surface area contributed by atoms with Crippen LogP contribution >= 0.6 is 23.1 Å². The predicted octanol–water partition coefficient (Wildman–Crippen LogP) is 6.58. The van der Waals surface area contributed by atoms with Gasteiger partial charge in [0.25, 0.3) is 0 Å². The number of hydrogen-bond acceptors (Lipinski definition) is 6. The number of thiophene rings is 1. The quantitative estimate of drug-likeness (QED) is 0.276. The molecule has 1 aliphatic carbocycles. The molecule has 2 heterocycles. The van der Waals surface area contributed by atoms with E-state index in [9.17, 15) is 10.1 Å². The number of benzene rings is 1. The molecule has 0 fully saturated rings. The molecule has 0 radical (unpaired) electrons. The Labute approximate surface area is 215 Å². The van der Waals surface area contributed by atoms with Gasteiger partial charge in [0, 0.05) is 17.0 Å². The van der Waals surface area contributed by atoms with Crippen molar-refractivity contribution in [2.75, 3.05) is 11.1 Å². The van der Waals surface area contributed by atoms with Crippen LogP contribution in [0.4, 0.5) is 5.00 Å². The number of carbonyl (C=O) groups excluding carboxylic acids is 1. The number of nitrogens with zero attached hydrogens (tertiary/aromatic N) is 4. The Hall–Kier alpha value is -2.89. The first-order valence-corrected chi connectivity index (χ1v) is 13.9. The Morgan fingerprint density at radius 1 is 1.23 bits per heavy atom. The Bertz CT molecular complexity index is 1230. The van der Waals surface area contributed by atoms with E-state index in [0.717, 1.165) is 42.6 Å². The summed E-state index contributed by atoms with van der Waals surface area (Å²) in [7, 11) is 0. The molecule has 0 spiro atoms. The third-order valence-electron chi connectivity index (χ3n) is 6.23. The lowest BCUT2D eigenvalue weighted by Gasteiger charge is -2.09. The molecule has 1 aromatic carbocycles. The van der Waals surface area contributed by atoms with Gasteiger partial charge < -0.3 is 5.32 Å². The molecule has 3 aromatic rings. The number of allylic oxidation sites excluding steroid dienone is 1. The van der Waals surface area contributed by atoms with Crippen molar-refractivity contribution in [3.05, 3.63) is 58.5 Å². The highest BCUT2D eigenvalue weighted by molar-refractivity contribution is 7.99. The number of amides is 1. The van der Waals surface area contributed by atoms with Gasteiger partial charge in [-0.3, -0.25) is 9.36 Å². The first-order valence-electron chi connectivity index (χ1n) is 12.1. The number of thioether (sulfide) groups is 1. The topological polar surface area (TPSA) is 83.6 Å². The van der Waals surface area contributed by atoms with Crippen LogP contribution in [-0.4, -0.2) is 26.4 Å². The van der Waals surface area contributed by atoms with Crippen LogP contribution in [0.2, 0.25) is 0 Å². The van der Waals surface area contributed by atoms with Gasteiger partial charge >= 0.3 is 0 Å². The Kier molecular flexibility index (Phi) is 8.42. The number of hydrogen-bond donors (Lipinski definition) is 1. The lowest BCUT2D eigenvalue weighted by molar-refractivity contribution is -0.113. The maximum absolute atomic E-state index is 12.8. The fourth-order valence-corrected chi connectivity index (χ4v) is 6.34. The molecule has 2 aromatic heterocycles. The van der Waals surface area contributed by atoms with E-state index in [1.807, 2.05) is 4.57 Å². The van der Waals surface area contributed by atoms with Crippen LogP contribution in [0.25, 0.3) is 11.4 Å². The van der Waals surface area contributed by atoms with Gasteiger partial charge in [0.05, 0.1) is 11.3 Å². The van der Waals surface area contributed by atoms with Crippen LogP contribution in [0.3, 0.4) is 0 Å². The molecule has 35 heavy (non-hydrogen) atoms. The fraction of sp³-hybridized carbons (Fsp3) is 0.407. The van der Waals surface area contributed by atoms with E-state index < -0.39 is 0 Å². The van der Waals surface area contributed by atoms with Crippen molar-refractivity contribution < 1.29 is 4.79 Å². The van der Waals surface area contributed by atoms with E-state index in [-0.39, 0.29) is 11.7 Å². The number of rotatable bonds is 8. The fourth-order valence-electron chi connectivity index (χ4n) is 4.34. The zero-order valence-electron chi connectivity index (χ0n) is 20.3. The van der Waals surface area contributed by atoms with Crippen LogP contribution in [0.1, 0.15) is 67.0 Å². The van der Waals surface area contributed by atoms with Gasteiger partial charge in [-0.05, 0) is 42.7 Å². The molecule has 4 rings (SSSR count). The van der Waals surface area contributed by atoms with Crippen LogP contribution in [0.15, 0.2) is 42.1 Å². The average molecular weight is 506 g/mol. The summed E-state index contributed by atoms with van der Waals surface area (Å²) in [5.41, 5.74) is 4.04. The van der Waals surface area contributed by atoms with Crippen molar-refractivity contribution >= 4 is 34.0 Å². The van der Waals surface area contributed by atoms with Gasteiger partial charge in [-0.25, -0.2) is 0 Å². The summed E-state index contributed by atoms with van der Waals surface area (Å²) in [4.78, 5) is 14.1. The number of anilines is 1. The molecule has 1 N–H and O–H groups in total. The molecule has 0 bridgehead atoms. The number of nitrogens with one attached hydrogen (secondary N) is 1. The largest absolute Gasteiger partial charge is 0.316 e. The standard InChI is InChI=1S/C27H31N5OS2/c1-4-15-32-25(20-13-11-19(12-14-20)18(2)3)30-31-27(32)34-17-24(33)29-26-22(16-28)21-9-7-5-6-8-10-23(21)35-26/h4,11-14,18H,1,5-10,15,17H2,2-3H3,(H,29,33). The van der Waals surface area contributed by atoms with Crippen molar-refractivity contribution in [3.8, 4) is 17.5 Å². The third-order valence-corrected chi connectivity index (χ3v) is 8.41. The second-order valence-corrected chi connectivity index (χ2v) is 11.1. The second-order valence-electron chi connectivity index (χ2n) is 9.05. The number of aryl methyl sites for hydroxylation is 1. The summed E-state index contributed by atoms with van der Waals surface area (Å²) in [5.74, 6) is 1.27. The van der Waals surface area contributed by atoms with Crippen LogP contribution in [0.5, 0.6) is 0 Å². The summed E-state index contributed by atoms with van der Waals surface area (Å²) in [6, 6.07) is 10.7.